The summed E-state index contributed by atoms with van der Waals surface area (Å²) in [4.78, 5) is 64.4. The molecule has 0 aliphatic carbocycles. The van der Waals surface area contributed by atoms with Crippen LogP contribution >= 0.6 is 11.3 Å². The predicted molar refractivity (Wildman–Crippen MR) is 236 cm³/mol. The molecule has 24 heteroatoms. The van der Waals surface area contributed by atoms with E-state index in [2.05, 4.69) is 41.3 Å². The Balaban J connectivity index is 1.30. The van der Waals surface area contributed by atoms with Crippen LogP contribution in [0.5, 0.6) is 5.75 Å². The molecule has 0 saturated carbocycles. The number of anilines is 1. The molecule has 0 spiro atoms. The van der Waals surface area contributed by atoms with Crippen LogP contribution in [0.25, 0.3) is 11.1 Å². The number of fused-ring (bicyclic) bond motifs is 1. The fourth-order valence-electron chi connectivity index (χ4n) is 7.55. The molecule has 0 radical (unpaired) electrons. The van der Waals surface area contributed by atoms with Gasteiger partial charge in [0, 0.05) is 24.4 Å². The summed E-state index contributed by atoms with van der Waals surface area (Å²) < 4.78 is 60.0. The van der Waals surface area contributed by atoms with E-state index in [1.54, 1.807) is 47.6 Å². The van der Waals surface area contributed by atoms with Crippen molar-refractivity contribution < 1.29 is 65.3 Å². The lowest BCUT2D eigenvalue weighted by Gasteiger charge is -2.51. The van der Waals surface area contributed by atoms with Crippen LogP contribution in [0.2, 0.25) is 0 Å². The van der Waals surface area contributed by atoms with Gasteiger partial charge in [0.1, 0.15) is 35.2 Å². The Hall–Kier alpha value is -5.24. The highest BCUT2D eigenvalue weighted by Crippen LogP contribution is 2.38. The lowest BCUT2D eigenvalue weighted by molar-refractivity contribution is -0.780. The molecule has 3 aromatic rings. The Bertz CT molecular complexity index is 2450. The number of aryl methyl sites for hydroxylation is 1. The summed E-state index contributed by atoms with van der Waals surface area (Å²) in [6, 6.07) is 4.26. The number of esters is 1. The average molecular weight is 962 g/mol. The highest BCUT2D eigenvalue weighted by atomic mass is 32.3. The summed E-state index contributed by atoms with van der Waals surface area (Å²) in [5.41, 5.74) is 2.30. The van der Waals surface area contributed by atoms with Crippen molar-refractivity contribution in [1.29, 1.82) is 0 Å². The summed E-state index contributed by atoms with van der Waals surface area (Å²) in [6.07, 6.45) is 3.14. The second-order valence-corrected chi connectivity index (χ2v) is 21.0. The Morgan fingerprint density at radius 2 is 1.85 bits per heavy atom. The number of aromatic nitrogens is 3. The maximum Gasteiger partial charge on any atom is 0.413 e. The first-order chi connectivity index (χ1) is 30.7. The van der Waals surface area contributed by atoms with Crippen LogP contribution < -0.4 is 31.1 Å². The quantitative estimate of drug-likeness (QED) is 0.0261. The lowest BCUT2D eigenvalue weighted by atomic mass is 9.84. The van der Waals surface area contributed by atoms with Crippen LogP contribution in [-0.2, 0) is 62.9 Å². The van der Waals surface area contributed by atoms with E-state index in [4.69, 9.17) is 24.8 Å². The zero-order valence-corrected chi connectivity index (χ0v) is 40.0. The third-order valence-electron chi connectivity index (χ3n) is 11.0. The van der Waals surface area contributed by atoms with E-state index in [-0.39, 0.29) is 23.8 Å². The second kappa shape index (κ2) is 19.2. The third-order valence-corrected chi connectivity index (χ3v) is 12.0. The minimum Gasteiger partial charge on any atom is -0.724 e. The fraction of sp³-hybridized carbons (Fsp3) is 0.595. The summed E-state index contributed by atoms with van der Waals surface area (Å²) in [5.74, 6) is -2.09. The fourth-order valence-corrected chi connectivity index (χ4v) is 8.68. The zero-order valence-electron chi connectivity index (χ0n) is 38.4. The predicted octanol–water partition coefficient (Wildman–Crippen LogP) is 1.89. The number of rotatable bonds is 16. The maximum absolute atomic E-state index is 14.2. The Morgan fingerprint density at radius 1 is 1.14 bits per heavy atom. The SMILES string of the molecule is CC(C)(C)OC(=O)Nc1nc(/C(=N/OC(C)(C(=O)OC(C)(C)C)C2CCc3cc(-c4cn(CC(O)CN)[n+](CC5CCNC5)c4)ccc3O2)C(=O)NC2C(=O)N(OS(=O)(=O)[O-])C2(C)C)cs1. The maximum atomic E-state index is 14.2. The van der Waals surface area contributed by atoms with Crippen molar-refractivity contribution >= 4 is 56.5 Å². The number of carbonyl (C=O) groups excluding carboxylic acids is 4. The van der Waals surface area contributed by atoms with Gasteiger partial charge in [-0.25, -0.2) is 23.0 Å². The van der Waals surface area contributed by atoms with E-state index < -0.39 is 80.6 Å². The van der Waals surface area contributed by atoms with E-state index in [0.29, 0.717) is 29.7 Å². The van der Waals surface area contributed by atoms with Crippen LogP contribution in [-0.4, -0.2) is 123 Å². The number of hydrogen-bond donors (Lipinski definition) is 5. The molecular weight excluding hydrogens is 903 g/mol. The number of hydroxylamine groups is 2. The molecule has 2 saturated heterocycles. The van der Waals surface area contributed by atoms with Crippen molar-refractivity contribution in [2.45, 2.75) is 135 Å². The number of aliphatic hydroxyl groups excluding tert-OH is 1. The first-order valence-electron chi connectivity index (χ1n) is 21.4. The molecule has 22 nitrogen and oxygen atoms in total. The number of oxime groups is 1. The number of nitrogens with one attached hydrogen (secondary N) is 3. The first-order valence-corrected chi connectivity index (χ1v) is 23.6. The van der Waals surface area contributed by atoms with E-state index in [1.807, 2.05) is 23.0 Å². The Morgan fingerprint density at radius 3 is 2.47 bits per heavy atom. The van der Waals surface area contributed by atoms with E-state index in [9.17, 15) is 37.3 Å². The molecule has 362 valence electrons. The molecular formula is C42H59N9O13S2. The molecule has 2 fully saturated rings. The summed E-state index contributed by atoms with van der Waals surface area (Å²) >= 11 is 0.901. The first kappa shape index (κ1) is 50.2. The number of carbonyl (C=O) groups is 4. The van der Waals surface area contributed by atoms with Crippen molar-refractivity contribution in [3.63, 3.8) is 0 Å². The van der Waals surface area contributed by atoms with Gasteiger partial charge >= 0.3 is 12.1 Å². The average Bonchev–Trinajstić information content (AvgIpc) is 3.99. The van der Waals surface area contributed by atoms with Gasteiger partial charge in [0.05, 0.1) is 23.4 Å². The molecule has 5 heterocycles. The number of amides is 3. The smallest absolute Gasteiger partial charge is 0.413 e. The highest BCUT2D eigenvalue weighted by Gasteiger charge is 2.58. The van der Waals surface area contributed by atoms with Gasteiger partial charge in [0.2, 0.25) is 16.6 Å². The van der Waals surface area contributed by atoms with Gasteiger partial charge in [0.15, 0.2) is 23.5 Å². The normalized spacial score (nSPS) is 21.2. The molecule has 6 N–H and O–H groups in total. The van der Waals surface area contributed by atoms with Crippen molar-refractivity contribution in [3.8, 4) is 16.9 Å². The Kier molecular flexibility index (Phi) is 14.6. The minimum atomic E-state index is -5.34. The van der Waals surface area contributed by atoms with Crippen LogP contribution in [0.1, 0.15) is 86.4 Å². The number of ether oxygens (including phenoxy) is 3. The Labute approximate surface area is 387 Å². The molecule has 2 aromatic heterocycles. The minimum absolute atomic E-state index is 0.00725. The summed E-state index contributed by atoms with van der Waals surface area (Å²) in [5, 5.41) is 24.6. The van der Waals surface area contributed by atoms with Gasteiger partial charge in [-0.05, 0) is 111 Å². The van der Waals surface area contributed by atoms with Crippen molar-refractivity contribution in [2.75, 3.05) is 25.0 Å². The van der Waals surface area contributed by atoms with Crippen LogP contribution in [0.15, 0.2) is 41.1 Å². The molecule has 3 amide bonds. The standard InChI is InChI=1S/C42H59N9O13S2/c1-39(2,3)61-36(55)42(9,31-13-11-26-16-25(10-12-30(26)60-31)27-20-49(19-24-14-15-44-18-24)50(21-27)22-28(52)17-43)63-48-32(29-23-65-37(45-29)47-38(56)62-40(4,5)6)34(53)46-33-35(54)51(41(33,7)8)64-66(57,58)59/h10,12,16,20-21,23-24,28,31,33,44,52H,11,13-15,17-19,22,43H2,1-9H3,(H2-,45,46,47,53,56,57,58,59)/b48-32-. The topological polar surface area (TPSA) is 291 Å². The van der Waals surface area contributed by atoms with Gasteiger partial charge in [-0.15, -0.1) is 16.0 Å². The van der Waals surface area contributed by atoms with E-state index in [1.165, 1.54) is 26.2 Å². The molecule has 3 aliphatic heterocycles. The van der Waals surface area contributed by atoms with Crippen LogP contribution in [0, 0.1) is 5.92 Å². The van der Waals surface area contributed by atoms with Crippen molar-refractivity contribution in [3.05, 3.63) is 47.2 Å². The number of hydrogen-bond acceptors (Lipinski definition) is 18. The van der Waals surface area contributed by atoms with E-state index in [0.717, 1.165) is 54.1 Å². The van der Waals surface area contributed by atoms with Crippen LogP contribution in [0.4, 0.5) is 9.93 Å². The summed E-state index contributed by atoms with van der Waals surface area (Å²) in [6.45, 7) is 17.2. The second-order valence-electron chi connectivity index (χ2n) is 19.2. The largest absolute Gasteiger partial charge is 0.724 e. The zero-order chi connectivity index (χ0) is 48.6. The monoisotopic (exact) mass is 961 g/mol. The van der Waals surface area contributed by atoms with Gasteiger partial charge in [-0.1, -0.05) is 11.2 Å². The van der Waals surface area contributed by atoms with Gasteiger partial charge in [0.25, 0.3) is 17.4 Å². The number of benzene rings is 1. The number of β-lactam (4-membered cyclic amide) rings is 1. The molecule has 5 atom stereocenters. The van der Waals surface area contributed by atoms with Gasteiger partial charge < -0.3 is 45.1 Å². The molecule has 6 rings (SSSR count). The molecule has 0 bridgehead atoms. The van der Waals surface area contributed by atoms with E-state index >= 15 is 0 Å². The summed E-state index contributed by atoms with van der Waals surface area (Å²) in [7, 11) is -5.34. The van der Waals surface area contributed by atoms with Gasteiger partial charge in [-0.3, -0.25) is 14.9 Å². The van der Waals surface area contributed by atoms with Crippen LogP contribution in [0.3, 0.4) is 0 Å². The highest BCUT2D eigenvalue weighted by molar-refractivity contribution is 7.80. The third kappa shape index (κ3) is 12.0. The molecule has 66 heavy (non-hydrogen) atoms. The molecule has 1 aromatic carbocycles. The number of aliphatic hydroxyl groups is 1. The van der Waals surface area contributed by atoms with Crippen molar-refractivity contribution in [1.82, 2.24) is 25.4 Å². The molecule has 5 unspecified atom stereocenters. The van der Waals surface area contributed by atoms with Gasteiger partial charge in [-0.2, -0.15) is 14.0 Å². The lowest BCUT2D eigenvalue weighted by Crippen LogP contribution is -2.76. The number of nitrogens with two attached hydrogens (primary N) is 1. The number of thiazole rings is 1. The molecule has 3 aliphatic rings. The van der Waals surface area contributed by atoms with Crippen molar-refractivity contribution in [2.24, 2.45) is 16.8 Å². The number of nitrogens with zero attached hydrogens (tertiary/aromatic N) is 5.